The number of rotatable bonds is 7. The molecular weight excluding hydrogens is 486 g/mol. The van der Waals surface area contributed by atoms with E-state index in [2.05, 4.69) is 5.32 Å². The van der Waals surface area contributed by atoms with E-state index < -0.39 is 61.1 Å². The molecule has 198 valence electrons. The number of amides is 1. The Morgan fingerprint density at radius 2 is 1.65 bits per heavy atom. The number of ether oxygens (including phenoxy) is 2. The van der Waals surface area contributed by atoms with Crippen molar-refractivity contribution in [2.24, 2.45) is 0 Å². The van der Waals surface area contributed by atoms with Gasteiger partial charge in [0.1, 0.15) is 24.3 Å². The molecule has 1 amide bonds. The van der Waals surface area contributed by atoms with Gasteiger partial charge in [0, 0.05) is 18.9 Å². The molecule has 10 heteroatoms. The van der Waals surface area contributed by atoms with Gasteiger partial charge in [-0.05, 0) is 43.0 Å². The van der Waals surface area contributed by atoms with E-state index in [1.165, 1.54) is 0 Å². The third-order valence-corrected chi connectivity index (χ3v) is 6.40. The Bertz CT molecular complexity index is 1150. The van der Waals surface area contributed by atoms with E-state index in [4.69, 9.17) is 9.47 Å². The molecule has 1 aliphatic carbocycles. The minimum Gasteiger partial charge on any atom is -0.480 e. The molecule has 0 bridgehead atoms. The van der Waals surface area contributed by atoms with Crippen LogP contribution in [-0.4, -0.2) is 71.3 Å². The van der Waals surface area contributed by atoms with Crippen LogP contribution < -0.4 is 5.32 Å². The summed E-state index contributed by atoms with van der Waals surface area (Å²) < 4.78 is 39.0. The Labute approximate surface area is 213 Å². The Morgan fingerprint density at radius 3 is 2.19 bits per heavy atom. The Balaban J connectivity index is 1.41. The summed E-state index contributed by atoms with van der Waals surface area (Å²) in [6.07, 6.45) is -1.78. The van der Waals surface area contributed by atoms with Gasteiger partial charge in [-0.1, -0.05) is 48.5 Å². The van der Waals surface area contributed by atoms with Crippen LogP contribution in [0, 0.1) is 0 Å². The number of benzene rings is 2. The van der Waals surface area contributed by atoms with Crippen LogP contribution in [0.4, 0.5) is 13.6 Å². The van der Waals surface area contributed by atoms with Gasteiger partial charge in [-0.3, -0.25) is 9.69 Å². The van der Waals surface area contributed by atoms with Crippen molar-refractivity contribution in [3.8, 4) is 11.1 Å². The first-order chi connectivity index (χ1) is 17.3. The van der Waals surface area contributed by atoms with Gasteiger partial charge in [0.15, 0.2) is 0 Å². The molecule has 1 unspecified atom stereocenters. The van der Waals surface area contributed by atoms with Crippen molar-refractivity contribution in [3.63, 3.8) is 0 Å². The number of carbonyl (C=O) groups is 3. The van der Waals surface area contributed by atoms with Gasteiger partial charge in [-0.2, -0.15) is 0 Å². The smallest absolute Gasteiger partial charge is 0.407 e. The van der Waals surface area contributed by atoms with Crippen molar-refractivity contribution in [2.75, 3.05) is 19.7 Å². The highest BCUT2D eigenvalue weighted by Gasteiger charge is 2.50. The predicted octanol–water partition coefficient (Wildman–Crippen LogP) is 4.03. The molecule has 2 aliphatic rings. The molecule has 0 saturated carbocycles. The normalized spacial score (nSPS) is 19.5. The minimum atomic E-state index is -3.20. The summed E-state index contributed by atoms with van der Waals surface area (Å²) in [4.78, 5) is 38.0. The van der Waals surface area contributed by atoms with E-state index in [-0.39, 0.29) is 12.5 Å². The van der Waals surface area contributed by atoms with Gasteiger partial charge in [-0.15, -0.1) is 0 Å². The largest absolute Gasteiger partial charge is 0.480 e. The number of carbonyl (C=O) groups excluding carboxylic acids is 2. The summed E-state index contributed by atoms with van der Waals surface area (Å²) in [6, 6.07) is 12.6. The molecular formula is C27H30F2N2O6. The van der Waals surface area contributed by atoms with Gasteiger partial charge >= 0.3 is 18.0 Å². The van der Waals surface area contributed by atoms with Crippen molar-refractivity contribution in [2.45, 2.75) is 56.7 Å². The summed E-state index contributed by atoms with van der Waals surface area (Å²) in [6.45, 7) is 3.46. The lowest BCUT2D eigenvalue weighted by atomic mass is 9.98. The maximum atomic E-state index is 14.2. The van der Waals surface area contributed by atoms with Crippen molar-refractivity contribution >= 4 is 18.0 Å². The second-order valence-electron chi connectivity index (χ2n) is 10.4. The van der Waals surface area contributed by atoms with E-state index in [1.54, 1.807) is 20.8 Å². The Hall–Kier alpha value is -3.53. The third-order valence-electron chi connectivity index (χ3n) is 6.40. The quantitative estimate of drug-likeness (QED) is 0.536. The highest BCUT2D eigenvalue weighted by molar-refractivity contribution is 5.82. The summed E-state index contributed by atoms with van der Waals surface area (Å²) in [5, 5.41) is 11.9. The molecule has 0 radical (unpaired) electrons. The number of alkyl carbamates (subject to hydrolysis) is 1. The molecule has 2 aromatic rings. The number of hydrogen-bond donors (Lipinski definition) is 2. The van der Waals surface area contributed by atoms with Gasteiger partial charge in [0.2, 0.25) is 0 Å². The number of fused-ring (bicyclic) bond motifs is 3. The first kappa shape index (κ1) is 26.5. The number of likely N-dealkylation sites (tertiary alicyclic amines) is 1. The zero-order valence-electron chi connectivity index (χ0n) is 20.9. The molecule has 37 heavy (non-hydrogen) atoms. The first-order valence-corrected chi connectivity index (χ1v) is 12.0. The summed E-state index contributed by atoms with van der Waals surface area (Å²) in [5.41, 5.74) is 3.17. The number of nitrogens with one attached hydrogen (secondary N) is 1. The van der Waals surface area contributed by atoms with Crippen LogP contribution in [0.15, 0.2) is 48.5 Å². The van der Waals surface area contributed by atoms with Crippen LogP contribution in [-0.2, 0) is 19.1 Å². The number of alkyl halides is 2. The van der Waals surface area contributed by atoms with Crippen molar-refractivity contribution in [1.29, 1.82) is 0 Å². The fourth-order valence-electron chi connectivity index (χ4n) is 4.88. The number of carboxylic acids is 1. The second kappa shape index (κ2) is 10.1. The van der Waals surface area contributed by atoms with Gasteiger partial charge in [0.05, 0.1) is 6.54 Å². The number of halogens is 2. The van der Waals surface area contributed by atoms with E-state index in [0.717, 1.165) is 27.2 Å². The molecule has 1 fully saturated rings. The second-order valence-corrected chi connectivity index (χ2v) is 10.4. The van der Waals surface area contributed by atoms with E-state index in [9.17, 15) is 28.3 Å². The number of aliphatic carboxylic acids is 1. The molecule has 2 N–H and O–H groups in total. The molecule has 1 aliphatic heterocycles. The van der Waals surface area contributed by atoms with Crippen molar-refractivity contribution in [1.82, 2.24) is 10.2 Å². The Morgan fingerprint density at radius 1 is 1.08 bits per heavy atom. The zero-order chi connectivity index (χ0) is 27.0. The predicted molar refractivity (Wildman–Crippen MR) is 130 cm³/mol. The average Bonchev–Trinajstić information content (AvgIpc) is 3.29. The SMILES string of the molecule is CC(C)(C)OC(=O)C1CC(F)(F)CN1C[C@H](NC(=O)OCC1c2ccccc2-c2ccccc21)C(=O)O. The van der Waals surface area contributed by atoms with Crippen LogP contribution >= 0.6 is 0 Å². The van der Waals surface area contributed by atoms with Crippen LogP contribution in [0.2, 0.25) is 0 Å². The standard InChI is InChI=1S/C27H30F2N2O6/c1-26(2,3)37-24(34)22-12-27(28,29)15-31(22)13-21(23(32)33)30-25(35)36-14-20-18-10-6-4-8-16(18)17-9-5-7-11-19(17)20/h4-11,20-22H,12-15H2,1-3H3,(H,30,35)(H,32,33)/t21-,22?/m0/s1. The molecule has 0 aromatic heterocycles. The Kier molecular flexibility index (Phi) is 7.23. The third kappa shape index (κ3) is 6.07. The molecule has 2 aromatic carbocycles. The fourth-order valence-corrected chi connectivity index (χ4v) is 4.88. The van der Waals surface area contributed by atoms with E-state index >= 15 is 0 Å². The minimum absolute atomic E-state index is 0.0332. The molecule has 1 heterocycles. The molecule has 4 rings (SSSR count). The summed E-state index contributed by atoms with van der Waals surface area (Å²) in [7, 11) is 0. The fraction of sp³-hybridized carbons (Fsp3) is 0.444. The molecule has 8 nitrogen and oxygen atoms in total. The summed E-state index contributed by atoms with van der Waals surface area (Å²) >= 11 is 0. The highest BCUT2D eigenvalue weighted by atomic mass is 19.3. The zero-order valence-corrected chi connectivity index (χ0v) is 20.9. The lowest BCUT2D eigenvalue weighted by Gasteiger charge is -2.28. The van der Waals surface area contributed by atoms with Gasteiger partial charge in [0.25, 0.3) is 5.92 Å². The topological polar surface area (TPSA) is 105 Å². The molecule has 1 saturated heterocycles. The number of nitrogens with zero attached hydrogens (tertiary/aromatic N) is 1. The van der Waals surface area contributed by atoms with E-state index in [1.807, 2.05) is 48.5 Å². The summed E-state index contributed by atoms with van der Waals surface area (Å²) in [5.74, 6) is -5.73. The van der Waals surface area contributed by atoms with Crippen molar-refractivity contribution in [3.05, 3.63) is 59.7 Å². The maximum Gasteiger partial charge on any atom is 0.407 e. The lowest BCUT2D eigenvalue weighted by Crippen LogP contribution is -2.51. The molecule has 2 atom stereocenters. The van der Waals surface area contributed by atoms with Crippen molar-refractivity contribution < 1.29 is 37.7 Å². The van der Waals surface area contributed by atoms with Crippen LogP contribution in [0.5, 0.6) is 0 Å². The highest BCUT2D eigenvalue weighted by Crippen LogP contribution is 2.44. The van der Waals surface area contributed by atoms with E-state index in [0.29, 0.717) is 0 Å². The van der Waals surface area contributed by atoms with Crippen LogP contribution in [0.1, 0.15) is 44.2 Å². The average molecular weight is 517 g/mol. The first-order valence-electron chi connectivity index (χ1n) is 12.0. The lowest BCUT2D eigenvalue weighted by molar-refractivity contribution is -0.161. The van der Waals surface area contributed by atoms with Gasteiger partial charge in [-0.25, -0.2) is 18.4 Å². The number of hydrogen-bond acceptors (Lipinski definition) is 6. The maximum absolute atomic E-state index is 14.2. The number of carboxylic acid groups (broad SMARTS) is 1. The van der Waals surface area contributed by atoms with Crippen LogP contribution in [0.3, 0.4) is 0 Å². The monoisotopic (exact) mass is 516 g/mol. The molecule has 0 spiro atoms. The number of esters is 1. The van der Waals surface area contributed by atoms with Crippen LogP contribution in [0.25, 0.3) is 11.1 Å². The van der Waals surface area contributed by atoms with Gasteiger partial charge < -0.3 is 19.9 Å².